The van der Waals surface area contributed by atoms with Crippen molar-refractivity contribution >= 4 is 11.8 Å². The number of hydrogen-bond acceptors (Lipinski definition) is 4. The molecule has 5 heteroatoms. The molecule has 0 aliphatic carbocycles. The molecule has 1 aromatic carbocycles. The van der Waals surface area contributed by atoms with E-state index in [-0.39, 0.29) is 18.5 Å². The van der Waals surface area contributed by atoms with Gasteiger partial charge in [-0.2, -0.15) is 0 Å². The summed E-state index contributed by atoms with van der Waals surface area (Å²) < 4.78 is 13.7. The van der Waals surface area contributed by atoms with Gasteiger partial charge in [0.25, 0.3) is 0 Å². The molecule has 3 N–H and O–H groups in total. The second-order valence-electron chi connectivity index (χ2n) is 4.57. The molecule has 0 fully saturated rings. The van der Waals surface area contributed by atoms with Crippen molar-refractivity contribution in [3.63, 3.8) is 0 Å². The smallest absolute Gasteiger partial charge is 0.126 e. The Morgan fingerprint density at radius 2 is 2.11 bits per heavy atom. The summed E-state index contributed by atoms with van der Waals surface area (Å²) in [5, 5.41) is 21.5. The summed E-state index contributed by atoms with van der Waals surface area (Å²) in [4.78, 5) is 0.944. The maximum absolute atomic E-state index is 13.7. The van der Waals surface area contributed by atoms with Crippen LogP contribution in [0.4, 0.5) is 4.39 Å². The molecular weight excluding hydrogens is 265 g/mol. The minimum Gasteiger partial charge on any atom is -0.394 e. The molecule has 0 aliphatic rings. The predicted molar refractivity (Wildman–Crippen MR) is 77.0 cm³/mol. The minimum atomic E-state index is -0.752. The first-order chi connectivity index (χ1) is 8.99. The van der Waals surface area contributed by atoms with Crippen LogP contribution in [0.15, 0.2) is 17.0 Å². The fourth-order valence-electron chi connectivity index (χ4n) is 1.79. The van der Waals surface area contributed by atoms with Gasteiger partial charge in [0.2, 0.25) is 0 Å². The molecule has 0 radical (unpaired) electrons. The van der Waals surface area contributed by atoms with Crippen LogP contribution >= 0.6 is 11.8 Å². The van der Waals surface area contributed by atoms with Crippen LogP contribution < -0.4 is 5.32 Å². The summed E-state index contributed by atoms with van der Waals surface area (Å²) in [6.07, 6.45) is -0.752. The van der Waals surface area contributed by atoms with Crippen LogP contribution in [0.2, 0.25) is 0 Å². The van der Waals surface area contributed by atoms with Gasteiger partial charge in [0.1, 0.15) is 5.82 Å². The highest BCUT2D eigenvalue weighted by Gasteiger charge is 2.14. The number of halogens is 1. The lowest BCUT2D eigenvalue weighted by Gasteiger charge is -2.18. The Morgan fingerprint density at radius 1 is 1.42 bits per heavy atom. The van der Waals surface area contributed by atoms with Gasteiger partial charge >= 0.3 is 0 Å². The molecule has 3 nitrogen and oxygen atoms in total. The number of aliphatic hydroxyl groups is 2. The molecule has 0 bridgehead atoms. The third-order valence-electron chi connectivity index (χ3n) is 2.91. The summed E-state index contributed by atoms with van der Waals surface area (Å²) in [6.45, 7) is 6.26. The molecule has 2 atom stereocenters. The van der Waals surface area contributed by atoms with Gasteiger partial charge in [0.15, 0.2) is 0 Å². The number of nitrogens with one attached hydrogen (secondary N) is 1. The normalized spacial score (nSPS) is 14.4. The molecular formula is C14H22FNO2S. The third-order valence-corrected chi connectivity index (χ3v) is 4.13. The van der Waals surface area contributed by atoms with E-state index in [2.05, 4.69) is 5.32 Å². The fourth-order valence-corrected chi connectivity index (χ4v) is 2.93. The fraction of sp³-hybridized carbons (Fsp3) is 0.571. The first kappa shape index (κ1) is 16.4. The summed E-state index contributed by atoms with van der Waals surface area (Å²) >= 11 is 1.44. The third kappa shape index (κ3) is 4.76. The predicted octanol–water partition coefficient (Wildman–Crippen LogP) is 2.25. The van der Waals surface area contributed by atoms with Crippen molar-refractivity contribution in [2.75, 3.05) is 18.9 Å². The van der Waals surface area contributed by atoms with E-state index in [1.54, 1.807) is 19.1 Å². The molecule has 19 heavy (non-hydrogen) atoms. The Hall–Kier alpha value is -0.620. The van der Waals surface area contributed by atoms with Gasteiger partial charge in [-0.15, -0.1) is 11.8 Å². The van der Waals surface area contributed by atoms with Crippen molar-refractivity contribution in [3.05, 3.63) is 29.1 Å². The van der Waals surface area contributed by atoms with Gasteiger partial charge in [-0.1, -0.05) is 6.92 Å². The van der Waals surface area contributed by atoms with Crippen LogP contribution in [-0.4, -0.2) is 35.2 Å². The minimum absolute atomic E-state index is 0.0499. The molecule has 0 aromatic heterocycles. The molecule has 0 heterocycles. The Labute approximate surface area is 118 Å². The zero-order valence-electron chi connectivity index (χ0n) is 11.6. The number of thioether (sulfide) groups is 1. The summed E-state index contributed by atoms with van der Waals surface area (Å²) in [5.74, 6) is 0.180. The van der Waals surface area contributed by atoms with Crippen LogP contribution in [0.3, 0.4) is 0 Å². The average molecular weight is 287 g/mol. The van der Waals surface area contributed by atoms with Crippen LogP contribution in [0, 0.1) is 12.7 Å². The number of hydrogen-bond donors (Lipinski definition) is 3. The van der Waals surface area contributed by atoms with Crippen molar-refractivity contribution < 1.29 is 14.6 Å². The molecule has 0 aliphatic heterocycles. The Balaban J connectivity index is 2.95. The highest BCUT2D eigenvalue weighted by molar-refractivity contribution is 7.99. The average Bonchev–Trinajstić information content (AvgIpc) is 2.39. The van der Waals surface area contributed by atoms with Crippen molar-refractivity contribution in [3.8, 4) is 0 Å². The number of benzene rings is 1. The van der Waals surface area contributed by atoms with Crippen LogP contribution in [0.5, 0.6) is 0 Å². The van der Waals surface area contributed by atoms with E-state index >= 15 is 0 Å². The lowest BCUT2D eigenvalue weighted by atomic mass is 10.1. The maximum Gasteiger partial charge on any atom is 0.126 e. The standard InChI is InChI=1S/C14H22FNO2S/c1-4-16-10(3)12-6-13(15)9(2)5-14(12)19-8-11(18)7-17/h5-6,10-11,16-18H,4,7-8H2,1-3H3. The topological polar surface area (TPSA) is 52.5 Å². The van der Waals surface area contributed by atoms with E-state index in [0.717, 1.165) is 17.0 Å². The molecule has 0 spiro atoms. The SMILES string of the molecule is CCNC(C)c1cc(F)c(C)cc1SCC(O)CO. The van der Waals surface area contributed by atoms with Gasteiger partial charge in [-0.05, 0) is 43.7 Å². The highest BCUT2D eigenvalue weighted by atomic mass is 32.2. The maximum atomic E-state index is 13.7. The summed E-state index contributed by atoms with van der Waals surface area (Å²) in [7, 11) is 0. The number of aliphatic hydroxyl groups excluding tert-OH is 2. The largest absolute Gasteiger partial charge is 0.394 e. The molecule has 0 saturated heterocycles. The van der Waals surface area contributed by atoms with Crippen LogP contribution in [0.1, 0.15) is 31.0 Å². The lowest BCUT2D eigenvalue weighted by molar-refractivity contribution is 0.113. The molecule has 1 aromatic rings. The Bertz CT molecular complexity index is 415. The van der Waals surface area contributed by atoms with E-state index < -0.39 is 6.10 Å². The summed E-state index contributed by atoms with van der Waals surface area (Å²) in [5.41, 5.74) is 1.48. The van der Waals surface area contributed by atoms with E-state index in [1.165, 1.54) is 11.8 Å². The van der Waals surface area contributed by atoms with Gasteiger partial charge < -0.3 is 15.5 Å². The van der Waals surface area contributed by atoms with Crippen molar-refractivity contribution in [1.82, 2.24) is 5.32 Å². The zero-order valence-corrected chi connectivity index (χ0v) is 12.4. The van der Waals surface area contributed by atoms with E-state index in [0.29, 0.717) is 11.3 Å². The quantitative estimate of drug-likeness (QED) is 0.673. The molecule has 0 amide bonds. The Morgan fingerprint density at radius 3 is 2.68 bits per heavy atom. The Kier molecular flexibility index (Phi) is 6.79. The van der Waals surface area contributed by atoms with Gasteiger partial charge in [0.05, 0.1) is 12.7 Å². The number of aryl methyl sites for hydroxylation is 1. The van der Waals surface area contributed by atoms with Gasteiger partial charge in [-0.3, -0.25) is 0 Å². The molecule has 1 rings (SSSR count). The van der Waals surface area contributed by atoms with Crippen LogP contribution in [-0.2, 0) is 0 Å². The van der Waals surface area contributed by atoms with E-state index in [1.807, 2.05) is 13.8 Å². The van der Waals surface area contributed by atoms with Gasteiger partial charge in [-0.25, -0.2) is 4.39 Å². The second-order valence-corrected chi connectivity index (χ2v) is 5.63. The van der Waals surface area contributed by atoms with Crippen molar-refractivity contribution in [2.24, 2.45) is 0 Å². The molecule has 108 valence electrons. The number of rotatable bonds is 7. The van der Waals surface area contributed by atoms with Gasteiger partial charge in [0, 0.05) is 16.7 Å². The van der Waals surface area contributed by atoms with E-state index in [4.69, 9.17) is 5.11 Å². The van der Waals surface area contributed by atoms with Crippen molar-refractivity contribution in [2.45, 2.75) is 37.8 Å². The molecule has 2 unspecified atom stereocenters. The second kappa shape index (κ2) is 7.85. The monoisotopic (exact) mass is 287 g/mol. The lowest BCUT2D eigenvalue weighted by Crippen LogP contribution is -2.19. The zero-order chi connectivity index (χ0) is 14.4. The first-order valence-corrected chi connectivity index (χ1v) is 7.43. The first-order valence-electron chi connectivity index (χ1n) is 6.44. The molecule has 0 saturated carbocycles. The van der Waals surface area contributed by atoms with Crippen molar-refractivity contribution in [1.29, 1.82) is 0 Å². The van der Waals surface area contributed by atoms with E-state index in [9.17, 15) is 9.50 Å². The highest BCUT2D eigenvalue weighted by Crippen LogP contribution is 2.30. The van der Waals surface area contributed by atoms with Crippen LogP contribution in [0.25, 0.3) is 0 Å². The summed E-state index contributed by atoms with van der Waals surface area (Å²) in [6, 6.07) is 3.40.